The molecule has 5 rings (SSSR count). The lowest BCUT2D eigenvalue weighted by atomic mass is 9.87. The first-order valence-electron chi connectivity index (χ1n) is 9.02. The van der Waals surface area contributed by atoms with Gasteiger partial charge in [0.15, 0.2) is 0 Å². The number of hydrogen-bond donors (Lipinski definition) is 1. The molecule has 0 saturated heterocycles. The quantitative estimate of drug-likeness (QED) is 0.500. The summed E-state index contributed by atoms with van der Waals surface area (Å²) in [6.07, 6.45) is 5.18. The number of nitrogens with zero attached hydrogens (tertiary/aromatic N) is 2. The molecule has 1 atom stereocenters. The average molecular weight is 357 g/mol. The topological polar surface area (TPSA) is 37.8 Å². The van der Waals surface area contributed by atoms with Crippen molar-refractivity contribution in [3.8, 4) is 11.1 Å². The van der Waals surface area contributed by atoms with Gasteiger partial charge in [-0.2, -0.15) is 0 Å². The fourth-order valence-electron chi connectivity index (χ4n) is 3.88. The Morgan fingerprint density at radius 2 is 1.81 bits per heavy atom. The number of thiophene rings is 1. The van der Waals surface area contributed by atoms with Crippen molar-refractivity contribution in [1.29, 1.82) is 0 Å². The van der Waals surface area contributed by atoms with Crippen molar-refractivity contribution < 1.29 is 0 Å². The Kier molecular flexibility index (Phi) is 3.91. The molecule has 0 fully saturated rings. The van der Waals surface area contributed by atoms with Crippen LogP contribution in [0.3, 0.4) is 0 Å². The standard InChI is InChI=1S/C22H19N3S/c1-2-7-16(8-3-1)18-13-26-22-20(18)21(23-14-24-22)25-19-12-6-10-15-9-4-5-11-17(15)19/h1-5,7-9,11,13-14,19H,6,10,12H2,(H,23,24,25)/t19-/m0/s1. The molecule has 1 aliphatic rings. The second-order valence-electron chi connectivity index (χ2n) is 6.71. The molecule has 2 aromatic heterocycles. The monoisotopic (exact) mass is 357 g/mol. The number of aromatic nitrogens is 2. The molecular weight excluding hydrogens is 338 g/mol. The van der Waals surface area contributed by atoms with Crippen LogP contribution in [0.5, 0.6) is 0 Å². The summed E-state index contributed by atoms with van der Waals surface area (Å²) in [5.41, 5.74) is 5.27. The third-order valence-corrected chi connectivity index (χ3v) is 6.02. The highest BCUT2D eigenvalue weighted by atomic mass is 32.1. The predicted molar refractivity (Wildman–Crippen MR) is 109 cm³/mol. The molecule has 0 aliphatic heterocycles. The lowest BCUT2D eigenvalue weighted by molar-refractivity contribution is 0.599. The van der Waals surface area contributed by atoms with Crippen LogP contribution in [0.25, 0.3) is 21.3 Å². The molecule has 2 heterocycles. The number of hydrogen-bond acceptors (Lipinski definition) is 4. The average Bonchev–Trinajstić information content (AvgIpc) is 3.14. The van der Waals surface area contributed by atoms with Crippen LogP contribution in [0.15, 0.2) is 66.3 Å². The van der Waals surface area contributed by atoms with Crippen LogP contribution in [0.2, 0.25) is 0 Å². The summed E-state index contributed by atoms with van der Waals surface area (Å²) < 4.78 is 0. The van der Waals surface area contributed by atoms with Crippen molar-refractivity contribution in [2.24, 2.45) is 0 Å². The first-order chi connectivity index (χ1) is 12.9. The van der Waals surface area contributed by atoms with Crippen molar-refractivity contribution in [1.82, 2.24) is 9.97 Å². The van der Waals surface area contributed by atoms with Gasteiger partial charge in [-0.15, -0.1) is 11.3 Å². The molecule has 1 aliphatic carbocycles. The zero-order valence-corrected chi connectivity index (χ0v) is 15.2. The van der Waals surface area contributed by atoms with E-state index in [0.717, 1.165) is 22.5 Å². The molecule has 0 spiro atoms. The van der Waals surface area contributed by atoms with E-state index in [2.05, 4.69) is 69.2 Å². The maximum atomic E-state index is 4.62. The largest absolute Gasteiger partial charge is 0.363 e. The zero-order chi connectivity index (χ0) is 17.3. The van der Waals surface area contributed by atoms with E-state index in [1.165, 1.54) is 35.1 Å². The maximum absolute atomic E-state index is 4.62. The Bertz CT molecular complexity index is 1060. The van der Waals surface area contributed by atoms with Gasteiger partial charge >= 0.3 is 0 Å². The van der Waals surface area contributed by atoms with E-state index in [1.54, 1.807) is 17.7 Å². The second kappa shape index (κ2) is 6.54. The third kappa shape index (κ3) is 2.67. The molecule has 2 aromatic carbocycles. The first kappa shape index (κ1) is 15.5. The van der Waals surface area contributed by atoms with Gasteiger partial charge in [0, 0.05) is 10.9 Å². The van der Waals surface area contributed by atoms with Gasteiger partial charge in [-0.3, -0.25) is 0 Å². The van der Waals surface area contributed by atoms with E-state index in [9.17, 15) is 0 Å². The molecular formula is C22H19N3S. The van der Waals surface area contributed by atoms with Crippen LogP contribution in [-0.2, 0) is 6.42 Å². The van der Waals surface area contributed by atoms with E-state index in [4.69, 9.17) is 0 Å². The number of rotatable bonds is 3. The summed E-state index contributed by atoms with van der Waals surface area (Å²) in [5.74, 6) is 0.941. The van der Waals surface area contributed by atoms with E-state index in [1.807, 2.05) is 6.07 Å². The van der Waals surface area contributed by atoms with Crippen LogP contribution >= 0.6 is 11.3 Å². The zero-order valence-electron chi connectivity index (χ0n) is 14.4. The number of fused-ring (bicyclic) bond motifs is 2. The Labute approximate surface area is 156 Å². The van der Waals surface area contributed by atoms with E-state index >= 15 is 0 Å². The molecule has 3 nitrogen and oxygen atoms in total. The van der Waals surface area contributed by atoms with E-state index in [0.29, 0.717) is 6.04 Å². The number of aryl methyl sites for hydroxylation is 1. The molecule has 128 valence electrons. The lowest BCUT2D eigenvalue weighted by Gasteiger charge is -2.27. The number of anilines is 1. The highest BCUT2D eigenvalue weighted by Crippen LogP contribution is 2.39. The molecule has 0 unspecified atom stereocenters. The minimum absolute atomic E-state index is 0.307. The number of nitrogens with one attached hydrogen (secondary N) is 1. The summed E-state index contributed by atoms with van der Waals surface area (Å²) in [7, 11) is 0. The highest BCUT2D eigenvalue weighted by molar-refractivity contribution is 7.17. The maximum Gasteiger partial charge on any atom is 0.139 e. The molecule has 0 saturated carbocycles. The van der Waals surface area contributed by atoms with Crippen LogP contribution in [0, 0.1) is 0 Å². The fraction of sp³-hybridized carbons (Fsp3) is 0.182. The van der Waals surface area contributed by atoms with Gasteiger partial charge in [0.25, 0.3) is 0 Å². The molecule has 26 heavy (non-hydrogen) atoms. The SMILES string of the molecule is c1ccc(-c2csc3ncnc(N[C@H]4CCCc5ccccc54)c23)cc1. The summed E-state index contributed by atoms with van der Waals surface area (Å²) in [6.45, 7) is 0. The Hall–Kier alpha value is -2.72. The van der Waals surface area contributed by atoms with Crippen LogP contribution < -0.4 is 5.32 Å². The van der Waals surface area contributed by atoms with Gasteiger partial charge in [-0.25, -0.2) is 9.97 Å². The molecule has 4 aromatic rings. The van der Waals surface area contributed by atoms with Gasteiger partial charge in [0.2, 0.25) is 0 Å². The summed E-state index contributed by atoms with van der Waals surface area (Å²) >= 11 is 1.68. The van der Waals surface area contributed by atoms with Crippen LogP contribution in [0.1, 0.15) is 30.0 Å². The van der Waals surface area contributed by atoms with Crippen LogP contribution in [-0.4, -0.2) is 9.97 Å². The summed E-state index contributed by atoms with van der Waals surface area (Å²) in [6, 6.07) is 19.6. The summed E-state index contributed by atoms with van der Waals surface area (Å²) in [4.78, 5) is 10.1. The first-order valence-corrected chi connectivity index (χ1v) is 9.90. The minimum Gasteiger partial charge on any atom is -0.363 e. The molecule has 1 N–H and O–H groups in total. The van der Waals surface area contributed by atoms with Gasteiger partial charge in [-0.1, -0.05) is 54.6 Å². The van der Waals surface area contributed by atoms with Gasteiger partial charge in [0.05, 0.1) is 11.4 Å². The van der Waals surface area contributed by atoms with Crippen molar-refractivity contribution in [2.45, 2.75) is 25.3 Å². The smallest absolute Gasteiger partial charge is 0.139 e. The molecule has 4 heteroatoms. The Balaban J connectivity index is 1.59. The molecule has 0 bridgehead atoms. The van der Waals surface area contributed by atoms with Crippen LogP contribution in [0.4, 0.5) is 5.82 Å². The normalized spacial score (nSPS) is 16.4. The third-order valence-electron chi connectivity index (χ3n) is 5.14. The van der Waals surface area contributed by atoms with Crippen molar-refractivity contribution in [2.75, 3.05) is 5.32 Å². The van der Waals surface area contributed by atoms with Gasteiger partial charge in [0.1, 0.15) is 17.0 Å². The predicted octanol–water partition coefficient (Wildman–Crippen LogP) is 5.85. The fourth-order valence-corrected chi connectivity index (χ4v) is 4.80. The summed E-state index contributed by atoms with van der Waals surface area (Å²) in [5, 5.41) is 7.05. The lowest BCUT2D eigenvalue weighted by Crippen LogP contribution is -2.18. The Morgan fingerprint density at radius 1 is 0.962 bits per heavy atom. The Morgan fingerprint density at radius 3 is 2.73 bits per heavy atom. The van der Waals surface area contributed by atoms with Gasteiger partial charge in [-0.05, 0) is 36.0 Å². The highest BCUT2D eigenvalue weighted by Gasteiger charge is 2.22. The second-order valence-corrected chi connectivity index (χ2v) is 7.56. The van der Waals surface area contributed by atoms with Crippen molar-refractivity contribution in [3.05, 3.63) is 77.4 Å². The van der Waals surface area contributed by atoms with E-state index in [-0.39, 0.29) is 0 Å². The van der Waals surface area contributed by atoms with E-state index < -0.39 is 0 Å². The minimum atomic E-state index is 0.307. The molecule has 0 amide bonds. The number of benzene rings is 2. The van der Waals surface area contributed by atoms with Crippen molar-refractivity contribution in [3.63, 3.8) is 0 Å². The van der Waals surface area contributed by atoms with Gasteiger partial charge < -0.3 is 5.32 Å². The van der Waals surface area contributed by atoms with Crippen molar-refractivity contribution >= 4 is 27.4 Å². The molecule has 0 radical (unpaired) electrons.